The van der Waals surface area contributed by atoms with E-state index in [1.54, 1.807) is 0 Å². The molecule has 0 aromatic heterocycles. The van der Waals surface area contributed by atoms with Crippen LogP contribution < -0.4 is 0 Å². The molecule has 1 fully saturated rings. The van der Waals surface area contributed by atoms with Crippen LogP contribution in [0.2, 0.25) is 0 Å². The number of isocyanates is 1. The van der Waals surface area contributed by atoms with Gasteiger partial charge in [0.25, 0.3) is 6.43 Å². The van der Waals surface area contributed by atoms with E-state index in [1.807, 2.05) is 0 Å². The van der Waals surface area contributed by atoms with Gasteiger partial charge in [0.1, 0.15) is 0 Å². The Balaban J connectivity index is 2.68. The molecule has 1 saturated heterocycles. The Bertz CT molecular complexity index is 172. The van der Waals surface area contributed by atoms with Crippen LogP contribution in [0.5, 0.6) is 0 Å². The third-order valence-corrected chi connectivity index (χ3v) is 1.38. The van der Waals surface area contributed by atoms with Gasteiger partial charge in [-0.3, -0.25) is 0 Å². The van der Waals surface area contributed by atoms with Crippen molar-refractivity contribution in [2.24, 2.45) is 4.99 Å². The minimum absolute atomic E-state index is 0.181. The quantitative estimate of drug-likeness (QED) is 0.420. The van der Waals surface area contributed by atoms with E-state index >= 15 is 0 Å². The number of hydrogen-bond donors (Lipinski definition) is 0. The Kier molecular flexibility index (Phi) is 1.78. The highest BCUT2D eigenvalue weighted by Gasteiger charge is 2.47. The Morgan fingerprint density at radius 3 is 2.30 bits per heavy atom. The molecule has 10 heavy (non-hydrogen) atoms. The highest BCUT2D eigenvalue weighted by molar-refractivity contribution is 5.35. The van der Waals surface area contributed by atoms with Crippen LogP contribution in [0.3, 0.4) is 0 Å². The number of aliphatic imine (C=N–C) groups is 1. The molecule has 1 rings (SSSR count). The van der Waals surface area contributed by atoms with E-state index < -0.39 is 12.0 Å². The summed E-state index contributed by atoms with van der Waals surface area (Å²) < 4.78 is 28.4. The lowest BCUT2D eigenvalue weighted by Crippen LogP contribution is -2.53. The molecule has 56 valence electrons. The van der Waals surface area contributed by atoms with Crippen molar-refractivity contribution in [2.75, 3.05) is 13.2 Å². The highest BCUT2D eigenvalue weighted by Crippen LogP contribution is 2.28. The molecule has 1 heterocycles. The van der Waals surface area contributed by atoms with Gasteiger partial charge >= 0.3 is 0 Å². The molecule has 5 heteroatoms. The molecule has 0 saturated carbocycles. The van der Waals surface area contributed by atoms with Crippen LogP contribution in [0.1, 0.15) is 0 Å². The van der Waals surface area contributed by atoms with Crippen molar-refractivity contribution in [1.29, 1.82) is 0 Å². The van der Waals surface area contributed by atoms with E-state index in [0.29, 0.717) is 0 Å². The fraction of sp³-hybridized carbons (Fsp3) is 0.800. The number of rotatable bonds is 2. The van der Waals surface area contributed by atoms with Gasteiger partial charge in [-0.25, -0.2) is 13.6 Å². The zero-order valence-electron chi connectivity index (χ0n) is 5.01. The van der Waals surface area contributed by atoms with Crippen molar-refractivity contribution in [1.82, 2.24) is 0 Å². The monoisotopic (exact) mass is 149 g/mol. The molecular weight excluding hydrogens is 144 g/mol. The summed E-state index contributed by atoms with van der Waals surface area (Å²) in [6, 6.07) is 0. The SMILES string of the molecule is O=C=NC1(C(F)F)COC1. The summed E-state index contributed by atoms with van der Waals surface area (Å²) in [7, 11) is 0. The van der Waals surface area contributed by atoms with Crippen LogP contribution in [-0.4, -0.2) is 31.3 Å². The predicted octanol–water partition coefficient (Wildman–Crippen LogP) is 0.356. The molecule has 0 aliphatic carbocycles. The van der Waals surface area contributed by atoms with Gasteiger partial charge in [0.15, 0.2) is 5.54 Å². The summed E-state index contributed by atoms with van der Waals surface area (Å²) in [5.74, 6) is 0. The molecule has 0 unspecified atom stereocenters. The first-order valence-corrected chi connectivity index (χ1v) is 2.66. The summed E-state index contributed by atoms with van der Waals surface area (Å²) in [6.07, 6.45) is -1.53. The van der Waals surface area contributed by atoms with E-state index in [0.717, 1.165) is 6.08 Å². The largest absolute Gasteiger partial charge is 0.376 e. The number of halogens is 2. The number of carbonyl (C=O) groups excluding carboxylic acids is 1. The van der Waals surface area contributed by atoms with Crippen LogP contribution in [0.25, 0.3) is 0 Å². The van der Waals surface area contributed by atoms with Crippen molar-refractivity contribution < 1.29 is 18.3 Å². The lowest BCUT2D eigenvalue weighted by atomic mass is 10.00. The summed E-state index contributed by atoms with van der Waals surface area (Å²) in [6.45, 7) is -0.361. The smallest absolute Gasteiger partial charge is 0.268 e. The van der Waals surface area contributed by atoms with Gasteiger partial charge in [0.2, 0.25) is 6.08 Å². The lowest BCUT2D eigenvalue weighted by molar-refractivity contribution is -0.123. The summed E-state index contributed by atoms with van der Waals surface area (Å²) in [5, 5.41) is 0. The van der Waals surface area contributed by atoms with Crippen molar-refractivity contribution in [2.45, 2.75) is 12.0 Å². The van der Waals surface area contributed by atoms with Crippen LogP contribution in [0, 0.1) is 0 Å². The normalized spacial score (nSPS) is 21.5. The van der Waals surface area contributed by atoms with Crippen LogP contribution in [0.15, 0.2) is 4.99 Å². The van der Waals surface area contributed by atoms with Crippen LogP contribution in [-0.2, 0) is 9.53 Å². The number of nitrogens with zero attached hydrogens (tertiary/aromatic N) is 1. The van der Waals surface area contributed by atoms with E-state index in [4.69, 9.17) is 0 Å². The van der Waals surface area contributed by atoms with E-state index in [1.165, 1.54) is 0 Å². The third kappa shape index (κ3) is 0.936. The summed E-state index contributed by atoms with van der Waals surface area (Å²) in [5.41, 5.74) is -1.58. The fourth-order valence-electron chi connectivity index (χ4n) is 0.641. The maximum Gasteiger partial charge on any atom is 0.268 e. The van der Waals surface area contributed by atoms with Gasteiger partial charge in [0.05, 0.1) is 13.2 Å². The van der Waals surface area contributed by atoms with E-state index in [-0.39, 0.29) is 13.2 Å². The van der Waals surface area contributed by atoms with E-state index in [2.05, 4.69) is 9.73 Å². The first kappa shape index (κ1) is 7.31. The zero-order valence-corrected chi connectivity index (χ0v) is 5.01. The second-order valence-electron chi connectivity index (χ2n) is 2.10. The molecule has 3 nitrogen and oxygen atoms in total. The van der Waals surface area contributed by atoms with Crippen molar-refractivity contribution >= 4 is 6.08 Å². The first-order chi connectivity index (χ1) is 4.71. The summed E-state index contributed by atoms with van der Waals surface area (Å²) >= 11 is 0. The molecule has 0 aromatic carbocycles. The van der Waals surface area contributed by atoms with Gasteiger partial charge in [-0.15, -0.1) is 0 Å². The molecule has 0 spiro atoms. The molecule has 0 N–H and O–H groups in total. The van der Waals surface area contributed by atoms with E-state index in [9.17, 15) is 13.6 Å². The molecule has 1 aliphatic rings. The minimum Gasteiger partial charge on any atom is -0.376 e. The molecule has 1 aliphatic heterocycles. The molecule has 0 atom stereocenters. The number of alkyl halides is 2. The van der Waals surface area contributed by atoms with Gasteiger partial charge in [-0.2, -0.15) is 4.99 Å². The Morgan fingerprint density at radius 2 is 2.20 bits per heavy atom. The highest BCUT2D eigenvalue weighted by atomic mass is 19.3. The molecule has 0 bridgehead atoms. The van der Waals surface area contributed by atoms with Crippen molar-refractivity contribution in [3.05, 3.63) is 0 Å². The van der Waals surface area contributed by atoms with Crippen LogP contribution in [0.4, 0.5) is 8.78 Å². The second-order valence-corrected chi connectivity index (χ2v) is 2.10. The average Bonchev–Trinajstić information content (AvgIpc) is 1.77. The van der Waals surface area contributed by atoms with Crippen molar-refractivity contribution in [3.63, 3.8) is 0 Å². The maximum atomic E-state index is 12.0. The second kappa shape index (κ2) is 2.44. The van der Waals surface area contributed by atoms with Gasteiger partial charge in [-0.1, -0.05) is 0 Å². The Hall–Kier alpha value is -0.800. The minimum atomic E-state index is -2.64. The number of ether oxygens (including phenoxy) is 1. The Labute approximate surface area is 55.7 Å². The summed E-state index contributed by atoms with van der Waals surface area (Å²) in [4.78, 5) is 12.6. The Morgan fingerprint density at radius 1 is 1.60 bits per heavy atom. The topological polar surface area (TPSA) is 38.7 Å². The fourth-order valence-corrected chi connectivity index (χ4v) is 0.641. The zero-order chi connectivity index (χ0) is 7.61. The molecule has 0 amide bonds. The molecule has 0 radical (unpaired) electrons. The maximum absolute atomic E-state index is 12.0. The molecule has 0 aromatic rings. The first-order valence-electron chi connectivity index (χ1n) is 2.66. The standard InChI is InChI=1S/C5H5F2NO2/c6-4(7)5(8-3-9)1-10-2-5/h4H,1-2H2. The molecular formula is C5H5F2NO2. The average molecular weight is 149 g/mol. The lowest BCUT2D eigenvalue weighted by Gasteiger charge is -2.34. The van der Waals surface area contributed by atoms with Crippen molar-refractivity contribution in [3.8, 4) is 0 Å². The van der Waals surface area contributed by atoms with Crippen LogP contribution >= 0.6 is 0 Å². The van der Waals surface area contributed by atoms with Gasteiger partial charge in [0, 0.05) is 0 Å². The third-order valence-electron chi connectivity index (χ3n) is 1.38. The predicted molar refractivity (Wildman–Crippen MR) is 27.7 cm³/mol. The van der Waals surface area contributed by atoms with Gasteiger partial charge < -0.3 is 4.74 Å². The van der Waals surface area contributed by atoms with Gasteiger partial charge in [-0.05, 0) is 0 Å². The number of hydrogen-bond acceptors (Lipinski definition) is 3.